The van der Waals surface area contributed by atoms with Crippen molar-refractivity contribution in [2.75, 3.05) is 19.7 Å². The van der Waals surface area contributed by atoms with Gasteiger partial charge in [-0.2, -0.15) is 0 Å². The van der Waals surface area contributed by atoms with Crippen molar-refractivity contribution in [1.82, 2.24) is 20.2 Å². The molecular formula is C30H36N6O2. The number of benzene rings is 2. The summed E-state index contributed by atoms with van der Waals surface area (Å²) in [7, 11) is 0. The average molecular weight is 513 g/mol. The summed E-state index contributed by atoms with van der Waals surface area (Å²) in [6.45, 7) is 10.7. The third kappa shape index (κ3) is 4.91. The second-order valence-electron chi connectivity index (χ2n) is 11.7. The third-order valence-electron chi connectivity index (χ3n) is 8.04. The number of hydrogen-bond acceptors (Lipinski definition) is 6. The van der Waals surface area contributed by atoms with E-state index in [2.05, 4.69) is 70.4 Å². The van der Waals surface area contributed by atoms with E-state index in [-0.39, 0.29) is 23.3 Å². The summed E-state index contributed by atoms with van der Waals surface area (Å²) in [5.74, 6) is 3.87. The van der Waals surface area contributed by atoms with E-state index in [0.29, 0.717) is 13.2 Å². The zero-order chi connectivity index (χ0) is 26.4. The predicted molar refractivity (Wildman–Crippen MR) is 151 cm³/mol. The van der Waals surface area contributed by atoms with Gasteiger partial charge < -0.3 is 19.9 Å². The number of amidine groups is 2. The van der Waals surface area contributed by atoms with Crippen LogP contribution >= 0.6 is 0 Å². The second-order valence-corrected chi connectivity index (χ2v) is 11.7. The lowest BCUT2D eigenvalue weighted by Gasteiger charge is -2.43. The van der Waals surface area contributed by atoms with Crippen LogP contribution in [0.25, 0.3) is 22.2 Å². The van der Waals surface area contributed by atoms with Gasteiger partial charge in [-0.1, -0.05) is 26.0 Å². The fourth-order valence-corrected chi connectivity index (χ4v) is 6.11. The topological polar surface area (TPSA) is 95.0 Å². The first-order valence-electron chi connectivity index (χ1n) is 13.6. The van der Waals surface area contributed by atoms with Gasteiger partial charge in [-0.15, -0.1) is 0 Å². The molecule has 0 spiro atoms. The van der Waals surface area contributed by atoms with Crippen LogP contribution in [0.2, 0.25) is 0 Å². The number of nitrogens with zero attached hydrogens (tertiary/aromatic N) is 4. The number of carbonyl (C=O) groups excluding carboxylic acids is 1. The number of aromatic nitrogens is 2. The Morgan fingerprint density at radius 2 is 2.03 bits per heavy atom. The Labute approximate surface area is 223 Å². The molecule has 1 fully saturated rings. The van der Waals surface area contributed by atoms with Crippen LogP contribution in [0.5, 0.6) is 5.75 Å². The first kappa shape index (κ1) is 24.6. The first-order chi connectivity index (χ1) is 18.2. The number of hydrogen-bond donors (Lipinski definition) is 2. The highest BCUT2D eigenvalue weighted by atomic mass is 16.5. The third-order valence-corrected chi connectivity index (χ3v) is 8.04. The van der Waals surface area contributed by atoms with Crippen molar-refractivity contribution >= 4 is 28.6 Å². The number of rotatable bonds is 3. The van der Waals surface area contributed by atoms with Gasteiger partial charge in [0, 0.05) is 24.9 Å². The zero-order valence-electron chi connectivity index (χ0n) is 22.7. The standard InChI is InChI=1S/C30H36N6O2/c1-18-32-25-7-5-21(14-26(25)33-18)20-6-8-27-22(13-20)17-36(11-12-38-27)29-23-15-30(3,4)10-9-24(23)34-28(35-29)16-31-19(2)37/h5-8,13-14,23-24H,9-12,15-17H2,1-4H3,(H,31,37)(H,32,33). The fourth-order valence-electron chi connectivity index (χ4n) is 6.11. The van der Waals surface area contributed by atoms with Crippen LogP contribution in [0.15, 0.2) is 46.4 Å². The summed E-state index contributed by atoms with van der Waals surface area (Å²) >= 11 is 0. The van der Waals surface area contributed by atoms with E-state index in [1.807, 2.05) is 6.92 Å². The Balaban J connectivity index is 1.32. The molecule has 3 aromatic rings. The molecule has 0 saturated heterocycles. The van der Waals surface area contributed by atoms with Crippen LogP contribution in [-0.2, 0) is 11.3 Å². The van der Waals surface area contributed by atoms with Gasteiger partial charge in [-0.25, -0.2) is 9.98 Å². The molecule has 2 atom stereocenters. The van der Waals surface area contributed by atoms with E-state index in [9.17, 15) is 4.79 Å². The quantitative estimate of drug-likeness (QED) is 0.523. The van der Waals surface area contributed by atoms with Crippen molar-refractivity contribution in [2.24, 2.45) is 21.3 Å². The molecule has 6 rings (SSSR count). The number of ether oxygens (including phenoxy) is 1. The van der Waals surface area contributed by atoms with Crippen LogP contribution in [0.3, 0.4) is 0 Å². The lowest BCUT2D eigenvalue weighted by atomic mass is 9.69. The largest absolute Gasteiger partial charge is 0.491 e. The number of aryl methyl sites for hydroxylation is 1. The molecule has 0 radical (unpaired) electrons. The fraction of sp³-hybridized carbons (Fsp3) is 0.467. The van der Waals surface area contributed by atoms with Gasteiger partial charge in [0.15, 0.2) is 0 Å². The molecule has 2 N–H and O–H groups in total. The van der Waals surface area contributed by atoms with Gasteiger partial charge in [0.05, 0.1) is 30.2 Å². The summed E-state index contributed by atoms with van der Waals surface area (Å²) in [6, 6.07) is 13.0. The number of H-pyrrole nitrogens is 1. The van der Waals surface area contributed by atoms with Gasteiger partial charge in [0.1, 0.15) is 29.9 Å². The van der Waals surface area contributed by atoms with E-state index >= 15 is 0 Å². The monoisotopic (exact) mass is 512 g/mol. The van der Waals surface area contributed by atoms with E-state index in [1.54, 1.807) is 0 Å². The molecule has 2 aliphatic heterocycles. The molecule has 38 heavy (non-hydrogen) atoms. The maximum atomic E-state index is 11.6. The zero-order valence-corrected chi connectivity index (χ0v) is 22.7. The van der Waals surface area contributed by atoms with E-state index in [4.69, 9.17) is 14.7 Å². The molecule has 8 nitrogen and oxygen atoms in total. The Morgan fingerprint density at radius 3 is 2.87 bits per heavy atom. The van der Waals surface area contributed by atoms with Gasteiger partial charge in [0.2, 0.25) is 5.91 Å². The van der Waals surface area contributed by atoms with Crippen molar-refractivity contribution in [3.05, 3.63) is 47.8 Å². The Bertz CT molecular complexity index is 1450. The van der Waals surface area contributed by atoms with Gasteiger partial charge in [-0.3, -0.25) is 9.79 Å². The van der Waals surface area contributed by atoms with Gasteiger partial charge >= 0.3 is 0 Å². The molecule has 2 unspecified atom stereocenters. The van der Waals surface area contributed by atoms with Crippen molar-refractivity contribution in [2.45, 2.75) is 59.5 Å². The van der Waals surface area contributed by atoms with E-state index in [1.165, 1.54) is 6.92 Å². The summed E-state index contributed by atoms with van der Waals surface area (Å²) in [4.78, 5) is 31.9. The van der Waals surface area contributed by atoms with Crippen LogP contribution in [-0.4, -0.2) is 58.2 Å². The maximum absolute atomic E-state index is 11.6. The smallest absolute Gasteiger partial charge is 0.217 e. The van der Waals surface area contributed by atoms with Crippen LogP contribution in [0, 0.1) is 18.3 Å². The Hall–Kier alpha value is -3.68. The molecule has 1 amide bonds. The highest BCUT2D eigenvalue weighted by Gasteiger charge is 2.41. The number of amides is 1. The molecule has 3 heterocycles. The summed E-state index contributed by atoms with van der Waals surface area (Å²) in [5.41, 5.74) is 5.73. The molecule has 0 bridgehead atoms. The van der Waals surface area contributed by atoms with Crippen LogP contribution in [0.4, 0.5) is 0 Å². The summed E-state index contributed by atoms with van der Waals surface area (Å²) in [6.07, 6.45) is 3.25. The minimum atomic E-state index is -0.0653. The van der Waals surface area contributed by atoms with Crippen molar-refractivity contribution in [3.63, 3.8) is 0 Å². The second kappa shape index (κ2) is 9.57. The average Bonchev–Trinajstić information content (AvgIpc) is 3.12. The number of fused-ring (bicyclic) bond motifs is 3. The Morgan fingerprint density at radius 1 is 1.21 bits per heavy atom. The summed E-state index contributed by atoms with van der Waals surface area (Å²) < 4.78 is 6.22. The van der Waals surface area contributed by atoms with Gasteiger partial charge in [0.25, 0.3) is 0 Å². The number of aliphatic imine (C=N–C) groups is 2. The number of aromatic amines is 1. The van der Waals surface area contributed by atoms with Crippen LogP contribution < -0.4 is 10.1 Å². The molecule has 3 aliphatic rings. The van der Waals surface area contributed by atoms with Crippen molar-refractivity contribution in [3.8, 4) is 16.9 Å². The molecule has 2 aromatic carbocycles. The predicted octanol–water partition coefficient (Wildman–Crippen LogP) is 4.87. The summed E-state index contributed by atoms with van der Waals surface area (Å²) in [5, 5.41) is 2.89. The lowest BCUT2D eigenvalue weighted by molar-refractivity contribution is -0.118. The molecule has 1 saturated carbocycles. The SMILES string of the molecule is CC(=O)NCC1=NC2CCC(C)(C)CC2C(N2CCOc3ccc(-c4ccc5nc(C)[nH]c5c4)cc3C2)=N1. The molecule has 8 heteroatoms. The highest BCUT2D eigenvalue weighted by Crippen LogP contribution is 2.43. The normalized spacial score (nSPS) is 22.5. The van der Waals surface area contributed by atoms with Gasteiger partial charge in [-0.05, 0) is 67.0 Å². The number of imidazole rings is 1. The molecular weight excluding hydrogens is 476 g/mol. The van der Waals surface area contributed by atoms with Crippen LogP contribution in [0.1, 0.15) is 51.4 Å². The Kier molecular flexibility index (Phi) is 6.20. The molecule has 1 aliphatic carbocycles. The lowest BCUT2D eigenvalue weighted by Crippen LogP contribution is -2.48. The van der Waals surface area contributed by atoms with Crippen molar-refractivity contribution < 1.29 is 9.53 Å². The molecule has 198 valence electrons. The minimum absolute atomic E-state index is 0.0653. The minimum Gasteiger partial charge on any atom is -0.491 e. The maximum Gasteiger partial charge on any atom is 0.217 e. The van der Waals surface area contributed by atoms with Crippen molar-refractivity contribution in [1.29, 1.82) is 0 Å². The first-order valence-corrected chi connectivity index (χ1v) is 13.6. The molecule has 1 aromatic heterocycles. The number of carbonyl (C=O) groups is 1. The van der Waals surface area contributed by atoms with E-state index < -0.39 is 0 Å². The number of nitrogens with one attached hydrogen (secondary N) is 2. The van der Waals surface area contributed by atoms with E-state index in [0.717, 1.165) is 83.3 Å². The highest BCUT2D eigenvalue weighted by molar-refractivity contribution is 6.02.